The fourth-order valence-electron chi connectivity index (χ4n) is 1.23. The highest BCUT2D eigenvalue weighted by Crippen LogP contribution is 2.24. The molecule has 0 fully saturated rings. The number of carbonyl (C=O) groups is 1. The highest BCUT2D eigenvalue weighted by atomic mass is 19.4. The SMILES string of the molecule is CC.CC.Cc1cc(OC(F)(F)F)ccc1CC(=O)O. The van der Waals surface area contributed by atoms with Crippen molar-refractivity contribution in [3.05, 3.63) is 29.3 Å². The first-order valence-corrected chi connectivity index (χ1v) is 6.35. The van der Waals surface area contributed by atoms with Crippen molar-refractivity contribution in [2.45, 2.75) is 47.4 Å². The largest absolute Gasteiger partial charge is 0.573 e. The summed E-state index contributed by atoms with van der Waals surface area (Å²) in [6, 6.07) is 3.56. The molecular formula is C14H21F3O3. The zero-order valence-electron chi connectivity index (χ0n) is 12.3. The molecule has 1 N–H and O–H groups in total. The number of aryl methyl sites for hydroxylation is 1. The summed E-state index contributed by atoms with van der Waals surface area (Å²) in [4.78, 5) is 10.4. The van der Waals surface area contributed by atoms with E-state index < -0.39 is 12.3 Å². The van der Waals surface area contributed by atoms with Gasteiger partial charge in [-0.2, -0.15) is 0 Å². The van der Waals surface area contributed by atoms with Crippen LogP contribution in [0.15, 0.2) is 18.2 Å². The number of hydrogen-bond acceptors (Lipinski definition) is 2. The first kappa shape index (κ1) is 20.6. The predicted octanol–water partition coefficient (Wildman–Crippen LogP) is 4.57. The lowest BCUT2D eigenvalue weighted by atomic mass is 10.1. The molecule has 0 bridgehead atoms. The van der Waals surface area contributed by atoms with Crippen LogP contribution in [-0.4, -0.2) is 17.4 Å². The average Bonchev–Trinajstić information content (AvgIpc) is 2.35. The summed E-state index contributed by atoms with van der Waals surface area (Å²) in [6.45, 7) is 9.53. The number of carboxylic acids is 1. The number of rotatable bonds is 3. The maximum Gasteiger partial charge on any atom is 0.573 e. The van der Waals surface area contributed by atoms with Crippen LogP contribution in [0, 0.1) is 6.92 Å². The van der Waals surface area contributed by atoms with Crippen LogP contribution in [0.3, 0.4) is 0 Å². The molecule has 3 nitrogen and oxygen atoms in total. The second-order valence-corrected chi connectivity index (χ2v) is 3.21. The van der Waals surface area contributed by atoms with Gasteiger partial charge < -0.3 is 9.84 Å². The number of benzene rings is 1. The van der Waals surface area contributed by atoms with Gasteiger partial charge in [0.05, 0.1) is 6.42 Å². The van der Waals surface area contributed by atoms with Crippen molar-refractivity contribution in [3.63, 3.8) is 0 Å². The lowest BCUT2D eigenvalue weighted by Crippen LogP contribution is -2.17. The summed E-state index contributed by atoms with van der Waals surface area (Å²) >= 11 is 0. The molecule has 0 amide bonds. The van der Waals surface area contributed by atoms with E-state index in [0.29, 0.717) is 11.1 Å². The monoisotopic (exact) mass is 294 g/mol. The Morgan fingerprint density at radius 1 is 1.20 bits per heavy atom. The van der Waals surface area contributed by atoms with Crippen LogP contribution < -0.4 is 4.74 Å². The van der Waals surface area contributed by atoms with Gasteiger partial charge in [-0.3, -0.25) is 4.79 Å². The molecule has 20 heavy (non-hydrogen) atoms. The lowest BCUT2D eigenvalue weighted by molar-refractivity contribution is -0.274. The first-order chi connectivity index (χ1) is 9.28. The molecule has 1 aromatic carbocycles. The number of carboxylic acid groups (broad SMARTS) is 1. The third kappa shape index (κ3) is 9.24. The van der Waals surface area contributed by atoms with Crippen LogP contribution in [-0.2, 0) is 11.2 Å². The molecule has 1 aromatic rings. The number of halogens is 3. The Balaban J connectivity index is 0. The third-order valence-electron chi connectivity index (χ3n) is 1.89. The van der Waals surface area contributed by atoms with E-state index in [2.05, 4.69) is 4.74 Å². The van der Waals surface area contributed by atoms with E-state index in [-0.39, 0.29) is 12.2 Å². The van der Waals surface area contributed by atoms with Gasteiger partial charge in [0.2, 0.25) is 0 Å². The third-order valence-corrected chi connectivity index (χ3v) is 1.89. The van der Waals surface area contributed by atoms with Crippen molar-refractivity contribution >= 4 is 5.97 Å². The van der Waals surface area contributed by atoms with Gasteiger partial charge in [-0.25, -0.2) is 0 Å². The summed E-state index contributed by atoms with van der Waals surface area (Å²) < 4.78 is 39.3. The fourth-order valence-corrected chi connectivity index (χ4v) is 1.23. The van der Waals surface area contributed by atoms with E-state index >= 15 is 0 Å². The normalized spacial score (nSPS) is 9.60. The Morgan fingerprint density at radius 2 is 1.70 bits per heavy atom. The van der Waals surface area contributed by atoms with Crippen molar-refractivity contribution in [3.8, 4) is 5.75 Å². The molecule has 116 valence electrons. The molecule has 0 spiro atoms. The molecule has 0 aliphatic carbocycles. The first-order valence-electron chi connectivity index (χ1n) is 6.35. The Hall–Kier alpha value is -1.72. The Bertz CT molecular complexity index is 401. The van der Waals surface area contributed by atoms with Gasteiger partial charge in [-0.15, -0.1) is 13.2 Å². The van der Waals surface area contributed by atoms with Gasteiger partial charge in [-0.05, 0) is 30.2 Å². The maximum absolute atomic E-state index is 11.9. The van der Waals surface area contributed by atoms with E-state index in [9.17, 15) is 18.0 Å². The van der Waals surface area contributed by atoms with Crippen molar-refractivity contribution in [2.24, 2.45) is 0 Å². The highest BCUT2D eigenvalue weighted by Gasteiger charge is 2.31. The van der Waals surface area contributed by atoms with Gasteiger partial charge in [0.1, 0.15) is 5.75 Å². The molecule has 0 radical (unpaired) electrons. The molecule has 0 aromatic heterocycles. The minimum absolute atomic E-state index is 0.224. The molecule has 0 saturated heterocycles. The van der Waals surface area contributed by atoms with Gasteiger partial charge in [-0.1, -0.05) is 33.8 Å². The molecule has 0 saturated carbocycles. The predicted molar refractivity (Wildman–Crippen MR) is 71.9 cm³/mol. The number of aliphatic carboxylic acids is 1. The highest BCUT2D eigenvalue weighted by molar-refractivity contribution is 5.70. The van der Waals surface area contributed by atoms with Gasteiger partial charge in [0, 0.05) is 0 Å². The van der Waals surface area contributed by atoms with Crippen LogP contribution >= 0.6 is 0 Å². The fraction of sp³-hybridized carbons (Fsp3) is 0.500. The van der Waals surface area contributed by atoms with Crippen molar-refractivity contribution in [1.29, 1.82) is 0 Å². The van der Waals surface area contributed by atoms with E-state index in [1.54, 1.807) is 0 Å². The number of alkyl halides is 3. The van der Waals surface area contributed by atoms with Crippen LogP contribution in [0.4, 0.5) is 13.2 Å². The Labute approximate surface area is 117 Å². The van der Waals surface area contributed by atoms with Gasteiger partial charge >= 0.3 is 12.3 Å². The van der Waals surface area contributed by atoms with Crippen LogP contribution in [0.1, 0.15) is 38.8 Å². The van der Waals surface area contributed by atoms with Crippen molar-refractivity contribution in [2.75, 3.05) is 0 Å². The Morgan fingerprint density at radius 3 is 2.05 bits per heavy atom. The Kier molecular flexibility index (Phi) is 10.4. The van der Waals surface area contributed by atoms with Crippen LogP contribution in [0.5, 0.6) is 5.75 Å². The molecule has 1 rings (SSSR count). The lowest BCUT2D eigenvalue weighted by Gasteiger charge is -2.10. The smallest absolute Gasteiger partial charge is 0.481 e. The van der Waals surface area contributed by atoms with Crippen molar-refractivity contribution < 1.29 is 27.8 Å². The molecule has 0 unspecified atom stereocenters. The van der Waals surface area contributed by atoms with E-state index in [1.165, 1.54) is 13.0 Å². The molecule has 0 atom stereocenters. The summed E-state index contributed by atoms with van der Waals surface area (Å²) in [7, 11) is 0. The zero-order chi connectivity index (χ0) is 16.3. The summed E-state index contributed by atoms with van der Waals surface area (Å²) in [5.41, 5.74) is 0.908. The van der Waals surface area contributed by atoms with Gasteiger partial charge in [0.25, 0.3) is 0 Å². The zero-order valence-corrected chi connectivity index (χ0v) is 12.3. The average molecular weight is 294 g/mol. The van der Waals surface area contributed by atoms with E-state index in [4.69, 9.17) is 5.11 Å². The standard InChI is InChI=1S/C10H9F3O3.2C2H6/c1-6-4-8(16-10(11,12)13)3-2-7(6)5-9(14)15;2*1-2/h2-4H,5H2,1H3,(H,14,15);2*1-2H3. The van der Waals surface area contributed by atoms with E-state index in [1.807, 2.05) is 27.7 Å². The molecule has 0 heterocycles. The quantitative estimate of drug-likeness (QED) is 0.888. The number of ether oxygens (including phenoxy) is 1. The van der Waals surface area contributed by atoms with Crippen molar-refractivity contribution in [1.82, 2.24) is 0 Å². The van der Waals surface area contributed by atoms with Gasteiger partial charge in [0.15, 0.2) is 0 Å². The second kappa shape index (κ2) is 10.1. The van der Waals surface area contributed by atoms with Crippen LogP contribution in [0.2, 0.25) is 0 Å². The molecule has 0 aliphatic heterocycles. The maximum atomic E-state index is 11.9. The molecular weight excluding hydrogens is 273 g/mol. The summed E-state index contributed by atoms with van der Waals surface area (Å²) in [5, 5.41) is 8.54. The minimum atomic E-state index is -4.74. The minimum Gasteiger partial charge on any atom is -0.481 e. The summed E-state index contributed by atoms with van der Waals surface area (Å²) in [5.74, 6) is -1.38. The molecule has 6 heteroatoms. The molecule has 0 aliphatic rings. The number of hydrogen-bond donors (Lipinski definition) is 1. The second-order valence-electron chi connectivity index (χ2n) is 3.21. The summed E-state index contributed by atoms with van der Waals surface area (Å²) in [6.07, 6.45) is -4.96. The topological polar surface area (TPSA) is 46.5 Å². The van der Waals surface area contributed by atoms with Crippen LogP contribution in [0.25, 0.3) is 0 Å². The van der Waals surface area contributed by atoms with E-state index in [0.717, 1.165) is 12.1 Å².